The molecule has 0 bridgehead atoms. The number of carbonyl (C=O) groups is 1. The van der Waals surface area contributed by atoms with E-state index in [1.807, 2.05) is 63.2 Å². The fraction of sp³-hybridized carbons (Fsp3) is 0.381. The molecular weight excluding hydrogens is 330 g/mol. The van der Waals surface area contributed by atoms with Gasteiger partial charge in [0.15, 0.2) is 6.61 Å². The van der Waals surface area contributed by atoms with Crippen LogP contribution in [-0.2, 0) is 20.9 Å². The highest BCUT2D eigenvalue weighted by Gasteiger charge is 2.06. The SMILES string of the molecule is CCOCCOCc1cccc(NC(=O)COc2ccc(C)cc2C)c1. The Labute approximate surface area is 155 Å². The lowest BCUT2D eigenvalue weighted by atomic mass is 10.1. The highest BCUT2D eigenvalue weighted by molar-refractivity contribution is 5.91. The lowest BCUT2D eigenvalue weighted by molar-refractivity contribution is -0.118. The average molecular weight is 357 g/mol. The topological polar surface area (TPSA) is 56.8 Å². The number of aryl methyl sites for hydroxylation is 2. The van der Waals surface area contributed by atoms with E-state index in [9.17, 15) is 4.79 Å². The van der Waals surface area contributed by atoms with E-state index < -0.39 is 0 Å². The molecule has 0 radical (unpaired) electrons. The van der Waals surface area contributed by atoms with E-state index in [1.54, 1.807) is 0 Å². The van der Waals surface area contributed by atoms with Crippen molar-refractivity contribution in [3.63, 3.8) is 0 Å². The number of anilines is 1. The Morgan fingerprint density at radius 3 is 2.62 bits per heavy atom. The van der Waals surface area contributed by atoms with Gasteiger partial charge in [0.25, 0.3) is 5.91 Å². The smallest absolute Gasteiger partial charge is 0.262 e. The molecule has 0 heterocycles. The fourth-order valence-electron chi connectivity index (χ4n) is 2.49. The highest BCUT2D eigenvalue weighted by atomic mass is 16.5. The number of nitrogens with one attached hydrogen (secondary N) is 1. The summed E-state index contributed by atoms with van der Waals surface area (Å²) in [5.74, 6) is 0.529. The van der Waals surface area contributed by atoms with Gasteiger partial charge in [-0.3, -0.25) is 4.79 Å². The van der Waals surface area contributed by atoms with Gasteiger partial charge in [-0.25, -0.2) is 0 Å². The number of hydrogen-bond donors (Lipinski definition) is 1. The number of rotatable bonds is 10. The molecule has 1 amide bonds. The van der Waals surface area contributed by atoms with Crippen LogP contribution in [0, 0.1) is 13.8 Å². The van der Waals surface area contributed by atoms with Gasteiger partial charge in [-0.1, -0.05) is 29.8 Å². The van der Waals surface area contributed by atoms with Gasteiger partial charge in [-0.05, 0) is 50.1 Å². The Kier molecular flexibility index (Phi) is 8.12. The van der Waals surface area contributed by atoms with E-state index in [0.29, 0.717) is 26.4 Å². The first kappa shape index (κ1) is 19.9. The molecule has 0 spiro atoms. The maximum Gasteiger partial charge on any atom is 0.262 e. The molecule has 1 N–H and O–H groups in total. The second-order valence-electron chi connectivity index (χ2n) is 6.06. The number of ether oxygens (including phenoxy) is 3. The minimum atomic E-state index is -0.195. The van der Waals surface area contributed by atoms with Crippen molar-refractivity contribution in [2.75, 3.05) is 31.7 Å². The van der Waals surface area contributed by atoms with Gasteiger partial charge in [0.1, 0.15) is 5.75 Å². The minimum absolute atomic E-state index is 0.0288. The van der Waals surface area contributed by atoms with Gasteiger partial charge in [-0.2, -0.15) is 0 Å². The molecule has 2 rings (SSSR count). The number of hydrogen-bond acceptors (Lipinski definition) is 4. The molecule has 0 fully saturated rings. The van der Waals surface area contributed by atoms with Crippen LogP contribution in [0.2, 0.25) is 0 Å². The van der Waals surface area contributed by atoms with Gasteiger partial charge in [0.05, 0.1) is 19.8 Å². The van der Waals surface area contributed by atoms with Gasteiger partial charge in [-0.15, -0.1) is 0 Å². The van der Waals surface area contributed by atoms with Gasteiger partial charge in [0, 0.05) is 12.3 Å². The van der Waals surface area contributed by atoms with Crippen molar-refractivity contribution in [1.82, 2.24) is 0 Å². The summed E-state index contributed by atoms with van der Waals surface area (Å²) in [7, 11) is 0. The van der Waals surface area contributed by atoms with Crippen LogP contribution >= 0.6 is 0 Å². The highest BCUT2D eigenvalue weighted by Crippen LogP contribution is 2.18. The van der Waals surface area contributed by atoms with E-state index in [0.717, 1.165) is 22.6 Å². The van der Waals surface area contributed by atoms with Crippen molar-refractivity contribution in [2.45, 2.75) is 27.4 Å². The lowest BCUT2D eigenvalue weighted by Crippen LogP contribution is -2.20. The van der Waals surface area contributed by atoms with E-state index >= 15 is 0 Å². The Bertz CT molecular complexity index is 715. The molecule has 5 heteroatoms. The molecule has 0 saturated heterocycles. The summed E-state index contributed by atoms with van der Waals surface area (Å²) >= 11 is 0. The Hall–Kier alpha value is -2.37. The first-order chi connectivity index (χ1) is 12.6. The van der Waals surface area contributed by atoms with E-state index in [2.05, 4.69) is 5.32 Å². The van der Waals surface area contributed by atoms with Crippen molar-refractivity contribution < 1.29 is 19.0 Å². The Morgan fingerprint density at radius 1 is 1.04 bits per heavy atom. The molecule has 26 heavy (non-hydrogen) atoms. The van der Waals surface area contributed by atoms with Crippen LogP contribution in [0.3, 0.4) is 0 Å². The van der Waals surface area contributed by atoms with E-state index in [1.165, 1.54) is 5.56 Å². The van der Waals surface area contributed by atoms with Crippen LogP contribution in [-0.4, -0.2) is 32.3 Å². The third-order valence-corrected chi connectivity index (χ3v) is 3.74. The predicted octanol–water partition coefficient (Wildman–Crippen LogP) is 3.87. The zero-order valence-corrected chi connectivity index (χ0v) is 15.7. The summed E-state index contributed by atoms with van der Waals surface area (Å²) in [6, 6.07) is 13.5. The standard InChI is InChI=1S/C21H27NO4/c1-4-24-10-11-25-14-18-6-5-7-19(13-18)22-21(23)15-26-20-9-8-16(2)12-17(20)3/h5-9,12-13H,4,10-11,14-15H2,1-3H3,(H,22,23). The Morgan fingerprint density at radius 2 is 1.85 bits per heavy atom. The van der Waals surface area contributed by atoms with Gasteiger partial charge < -0.3 is 19.5 Å². The summed E-state index contributed by atoms with van der Waals surface area (Å²) in [6.07, 6.45) is 0. The zero-order chi connectivity index (χ0) is 18.8. The van der Waals surface area contributed by atoms with Crippen LogP contribution in [0.15, 0.2) is 42.5 Å². The first-order valence-corrected chi connectivity index (χ1v) is 8.83. The summed E-state index contributed by atoms with van der Waals surface area (Å²) in [5, 5.41) is 2.85. The largest absolute Gasteiger partial charge is 0.483 e. The zero-order valence-electron chi connectivity index (χ0n) is 15.7. The van der Waals surface area contributed by atoms with Crippen molar-refractivity contribution in [1.29, 1.82) is 0 Å². The summed E-state index contributed by atoms with van der Waals surface area (Å²) in [4.78, 5) is 12.1. The summed E-state index contributed by atoms with van der Waals surface area (Å²) in [5.41, 5.74) is 3.91. The third kappa shape index (κ3) is 6.86. The maximum atomic E-state index is 12.1. The van der Waals surface area contributed by atoms with Crippen LogP contribution in [0.25, 0.3) is 0 Å². The van der Waals surface area contributed by atoms with Crippen molar-refractivity contribution in [3.8, 4) is 5.75 Å². The molecule has 0 atom stereocenters. The lowest BCUT2D eigenvalue weighted by Gasteiger charge is -2.11. The Balaban J connectivity index is 1.80. The third-order valence-electron chi connectivity index (χ3n) is 3.74. The molecule has 2 aromatic carbocycles. The monoisotopic (exact) mass is 357 g/mol. The van der Waals surface area contributed by atoms with Crippen molar-refractivity contribution >= 4 is 11.6 Å². The molecular formula is C21H27NO4. The first-order valence-electron chi connectivity index (χ1n) is 8.83. The van der Waals surface area contributed by atoms with Crippen LogP contribution in [0.5, 0.6) is 5.75 Å². The molecule has 0 aliphatic carbocycles. The average Bonchev–Trinajstić information content (AvgIpc) is 2.61. The summed E-state index contributed by atoms with van der Waals surface area (Å²) in [6.45, 7) is 8.23. The molecule has 2 aromatic rings. The molecule has 140 valence electrons. The normalized spacial score (nSPS) is 10.6. The molecule has 0 aromatic heterocycles. The van der Waals surface area contributed by atoms with E-state index in [-0.39, 0.29) is 12.5 Å². The van der Waals surface area contributed by atoms with Crippen molar-refractivity contribution in [3.05, 3.63) is 59.2 Å². The second kappa shape index (κ2) is 10.6. The second-order valence-corrected chi connectivity index (χ2v) is 6.06. The summed E-state index contributed by atoms with van der Waals surface area (Å²) < 4.78 is 16.4. The van der Waals surface area contributed by atoms with Gasteiger partial charge >= 0.3 is 0 Å². The minimum Gasteiger partial charge on any atom is -0.483 e. The number of amides is 1. The fourth-order valence-corrected chi connectivity index (χ4v) is 2.49. The van der Waals surface area contributed by atoms with Gasteiger partial charge in [0.2, 0.25) is 0 Å². The van der Waals surface area contributed by atoms with Crippen LogP contribution in [0.4, 0.5) is 5.69 Å². The molecule has 5 nitrogen and oxygen atoms in total. The molecule has 0 aliphatic rings. The predicted molar refractivity (Wildman–Crippen MR) is 103 cm³/mol. The molecule has 0 unspecified atom stereocenters. The van der Waals surface area contributed by atoms with Crippen molar-refractivity contribution in [2.24, 2.45) is 0 Å². The van der Waals surface area contributed by atoms with E-state index in [4.69, 9.17) is 14.2 Å². The molecule has 0 saturated carbocycles. The number of benzene rings is 2. The van der Waals surface area contributed by atoms with Crippen LogP contribution < -0.4 is 10.1 Å². The van der Waals surface area contributed by atoms with Crippen LogP contribution in [0.1, 0.15) is 23.6 Å². The maximum absolute atomic E-state index is 12.1. The quantitative estimate of drug-likeness (QED) is 0.656. The molecule has 0 aliphatic heterocycles. The number of carbonyl (C=O) groups excluding carboxylic acids is 1.